The maximum absolute atomic E-state index is 12.5. The predicted octanol–water partition coefficient (Wildman–Crippen LogP) is 3.62. The van der Waals surface area contributed by atoms with Gasteiger partial charge in [0.25, 0.3) is 0 Å². The summed E-state index contributed by atoms with van der Waals surface area (Å²) in [7, 11) is 0. The van der Waals surface area contributed by atoms with E-state index in [-0.39, 0.29) is 11.8 Å². The highest BCUT2D eigenvalue weighted by molar-refractivity contribution is 5.96. The highest BCUT2D eigenvalue weighted by Gasteiger charge is 2.28. The molecule has 0 radical (unpaired) electrons. The molecule has 2 N–H and O–H groups in total. The van der Waals surface area contributed by atoms with Crippen LogP contribution in [0.25, 0.3) is 0 Å². The van der Waals surface area contributed by atoms with Crippen LogP contribution in [-0.4, -0.2) is 17.0 Å². The van der Waals surface area contributed by atoms with Gasteiger partial charge in [0.2, 0.25) is 5.91 Å². The summed E-state index contributed by atoms with van der Waals surface area (Å²) in [6, 6.07) is 15.5. The quantitative estimate of drug-likeness (QED) is 0.883. The molecule has 2 aromatic carbocycles. The molecule has 4 heteroatoms. The SMILES string of the molecule is CC(Cc1ccc(NC(=O)C2CCc3ccccc32)cc1)C(=O)O. The average Bonchev–Trinajstić information content (AvgIpc) is 3.00. The second-order valence-electron chi connectivity index (χ2n) is 6.42. The van der Waals surface area contributed by atoms with E-state index in [0.29, 0.717) is 6.42 Å². The zero-order chi connectivity index (χ0) is 17.1. The number of anilines is 1. The van der Waals surface area contributed by atoms with E-state index in [4.69, 9.17) is 5.11 Å². The topological polar surface area (TPSA) is 66.4 Å². The monoisotopic (exact) mass is 323 g/mol. The number of nitrogens with one attached hydrogen (secondary N) is 1. The maximum Gasteiger partial charge on any atom is 0.306 e. The van der Waals surface area contributed by atoms with Gasteiger partial charge in [-0.3, -0.25) is 9.59 Å². The molecule has 0 saturated carbocycles. The van der Waals surface area contributed by atoms with Crippen LogP contribution in [0.3, 0.4) is 0 Å². The minimum Gasteiger partial charge on any atom is -0.481 e. The van der Waals surface area contributed by atoms with Crippen LogP contribution in [0, 0.1) is 5.92 Å². The molecule has 0 aromatic heterocycles. The number of carboxylic acid groups (broad SMARTS) is 1. The fourth-order valence-electron chi connectivity index (χ4n) is 3.22. The van der Waals surface area contributed by atoms with Crippen LogP contribution in [0.1, 0.15) is 36.0 Å². The molecule has 0 aliphatic heterocycles. The van der Waals surface area contributed by atoms with E-state index >= 15 is 0 Å². The third kappa shape index (κ3) is 3.48. The van der Waals surface area contributed by atoms with E-state index in [9.17, 15) is 9.59 Å². The van der Waals surface area contributed by atoms with Crippen molar-refractivity contribution in [2.45, 2.75) is 32.1 Å². The lowest BCUT2D eigenvalue weighted by Crippen LogP contribution is -2.19. The van der Waals surface area contributed by atoms with Crippen molar-refractivity contribution in [3.8, 4) is 0 Å². The van der Waals surface area contributed by atoms with Gasteiger partial charge in [0, 0.05) is 5.69 Å². The molecule has 3 rings (SSSR count). The summed E-state index contributed by atoms with van der Waals surface area (Å²) in [4.78, 5) is 23.4. The van der Waals surface area contributed by atoms with Crippen molar-refractivity contribution in [3.05, 3.63) is 65.2 Å². The van der Waals surface area contributed by atoms with E-state index < -0.39 is 11.9 Å². The number of carboxylic acids is 1. The number of aliphatic carboxylic acids is 1. The molecule has 2 atom stereocenters. The Kier molecular flexibility index (Phi) is 4.65. The van der Waals surface area contributed by atoms with Gasteiger partial charge in [0.15, 0.2) is 0 Å². The van der Waals surface area contributed by atoms with Gasteiger partial charge in [-0.2, -0.15) is 0 Å². The van der Waals surface area contributed by atoms with Crippen LogP contribution >= 0.6 is 0 Å². The van der Waals surface area contributed by atoms with Gasteiger partial charge < -0.3 is 10.4 Å². The van der Waals surface area contributed by atoms with Crippen molar-refractivity contribution < 1.29 is 14.7 Å². The van der Waals surface area contributed by atoms with Gasteiger partial charge in [-0.15, -0.1) is 0 Å². The van der Waals surface area contributed by atoms with Crippen LogP contribution in [-0.2, 0) is 22.4 Å². The molecule has 2 aromatic rings. The Morgan fingerprint density at radius 2 is 1.88 bits per heavy atom. The number of hydrogen-bond donors (Lipinski definition) is 2. The van der Waals surface area contributed by atoms with Gasteiger partial charge >= 0.3 is 5.97 Å². The molecule has 1 aliphatic carbocycles. The van der Waals surface area contributed by atoms with Crippen LogP contribution in [0.15, 0.2) is 48.5 Å². The Morgan fingerprint density at radius 3 is 2.58 bits per heavy atom. The van der Waals surface area contributed by atoms with Crippen molar-refractivity contribution in [1.29, 1.82) is 0 Å². The van der Waals surface area contributed by atoms with Crippen LogP contribution < -0.4 is 5.32 Å². The number of fused-ring (bicyclic) bond motifs is 1. The van der Waals surface area contributed by atoms with Crippen LogP contribution in [0.2, 0.25) is 0 Å². The zero-order valence-electron chi connectivity index (χ0n) is 13.7. The van der Waals surface area contributed by atoms with Gasteiger partial charge in [0.05, 0.1) is 11.8 Å². The van der Waals surface area contributed by atoms with E-state index in [1.165, 1.54) is 5.56 Å². The van der Waals surface area contributed by atoms with E-state index in [2.05, 4.69) is 11.4 Å². The number of carbonyl (C=O) groups excluding carboxylic acids is 1. The fourth-order valence-corrected chi connectivity index (χ4v) is 3.22. The largest absolute Gasteiger partial charge is 0.481 e. The molecule has 0 fully saturated rings. The standard InChI is InChI=1S/C20H21NO3/c1-13(20(23)24)12-14-6-9-16(10-7-14)21-19(22)18-11-8-15-4-2-3-5-17(15)18/h2-7,9-10,13,18H,8,11-12H2,1H3,(H,21,22)(H,23,24). The Bertz CT molecular complexity index is 752. The Hall–Kier alpha value is -2.62. The first-order valence-electron chi connectivity index (χ1n) is 8.25. The molecular formula is C20H21NO3. The number of aryl methyl sites for hydroxylation is 1. The first-order chi connectivity index (χ1) is 11.5. The number of benzene rings is 2. The van der Waals surface area contributed by atoms with Crippen LogP contribution in [0.5, 0.6) is 0 Å². The van der Waals surface area contributed by atoms with Crippen molar-refractivity contribution in [2.24, 2.45) is 5.92 Å². The van der Waals surface area contributed by atoms with Gasteiger partial charge in [-0.05, 0) is 48.1 Å². The minimum absolute atomic E-state index is 0.0200. The number of rotatable bonds is 5. The Labute approximate surface area is 141 Å². The van der Waals surface area contributed by atoms with Crippen molar-refractivity contribution in [2.75, 3.05) is 5.32 Å². The lowest BCUT2D eigenvalue weighted by molar-refractivity contribution is -0.141. The van der Waals surface area contributed by atoms with Crippen LogP contribution in [0.4, 0.5) is 5.69 Å². The summed E-state index contributed by atoms with van der Waals surface area (Å²) in [5, 5.41) is 11.9. The number of hydrogen-bond acceptors (Lipinski definition) is 2. The molecular weight excluding hydrogens is 302 g/mol. The molecule has 0 saturated heterocycles. The molecule has 124 valence electrons. The minimum atomic E-state index is -0.799. The first kappa shape index (κ1) is 16.2. The summed E-state index contributed by atoms with van der Waals surface area (Å²) >= 11 is 0. The predicted molar refractivity (Wildman–Crippen MR) is 93.1 cm³/mol. The number of amides is 1. The summed E-state index contributed by atoms with van der Waals surface area (Å²) in [6.07, 6.45) is 2.28. The molecule has 4 nitrogen and oxygen atoms in total. The molecule has 1 aliphatic rings. The second-order valence-corrected chi connectivity index (χ2v) is 6.42. The highest BCUT2D eigenvalue weighted by Crippen LogP contribution is 2.33. The molecule has 0 bridgehead atoms. The fraction of sp³-hybridized carbons (Fsp3) is 0.300. The van der Waals surface area contributed by atoms with Gasteiger partial charge in [-0.1, -0.05) is 43.3 Å². The second kappa shape index (κ2) is 6.87. The molecule has 24 heavy (non-hydrogen) atoms. The first-order valence-corrected chi connectivity index (χ1v) is 8.25. The average molecular weight is 323 g/mol. The highest BCUT2D eigenvalue weighted by atomic mass is 16.4. The molecule has 0 heterocycles. The summed E-state index contributed by atoms with van der Waals surface area (Å²) < 4.78 is 0. The third-order valence-electron chi connectivity index (χ3n) is 4.63. The van der Waals surface area contributed by atoms with Gasteiger partial charge in [0.1, 0.15) is 0 Å². The van der Waals surface area contributed by atoms with Crippen molar-refractivity contribution in [3.63, 3.8) is 0 Å². The van der Waals surface area contributed by atoms with E-state index in [0.717, 1.165) is 29.7 Å². The summed E-state index contributed by atoms with van der Waals surface area (Å²) in [5.74, 6) is -1.28. The lowest BCUT2D eigenvalue weighted by Gasteiger charge is -2.13. The normalized spacial score (nSPS) is 17.1. The zero-order valence-corrected chi connectivity index (χ0v) is 13.7. The Morgan fingerprint density at radius 1 is 1.17 bits per heavy atom. The molecule has 2 unspecified atom stereocenters. The Balaban J connectivity index is 1.64. The summed E-state index contributed by atoms with van der Waals surface area (Å²) in [5.41, 5.74) is 4.09. The van der Waals surface area contributed by atoms with Gasteiger partial charge in [-0.25, -0.2) is 0 Å². The van der Waals surface area contributed by atoms with Crippen molar-refractivity contribution in [1.82, 2.24) is 0 Å². The van der Waals surface area contributed by atoms with E-state index in [1.807, 2.05) is 42.5 Å². The third-order valence-corrected chi connectivity index (χ3v) is 4.63. The summed E-state index contributed by atoms with van der Waals surface area (Å²) in [6.45, 7) is 1.69. The molecule has 0 spiro atoms. The smallest absolute Gasteiger partial charge is 0.306 e. The maximum atomic E-state index is 12.5. The van der Waals surface area contributed by atoms with Crippen molar-refractivity contribution >= 4 is 17.6 Å². The number of carbonyl (C=O) groups is 2. The molecule has 1 amide bonds. The van der Waals surface area contributed by atoms with E-state index in [1.54, 1.807) is 6.92 Å². The lowest BCUT2D eigenvalue weighted by atomic mass is 10.00.